The average molecular weight is 443 g/mol. The van der Waals surface area contributed by atoms with Crippen LogP contribution in [-0.2, 0) is 14.4 Å². The van der Waals surface area contributed by atoms with Gasteiger partial charge in [0.05, 0.1) is 17.1 Å². The van der Waals surface area contributed by atoms with Crippen LogP contribution in [0.5, 0.6) is 0 Å². The van der Waals surface area contributed by atoms with Gasteiger partial charge in [-0.2, -0.15) is 0 Å². The zero-order valence-electron chi connectivity index (χ0n) is 16.9. The topological polar surface area (TPSA) is 95.5 Å². The highest BCUT2D eigenvalue weighted by molar-refractivity contribution is 8.00. The maximum atomic E-state index is 13.0. The average Bonchev–Trinajstić information content (AvgIpc) is 2.76. The first-order valence-corrected chi connectivity index (χ1v) is 10.7. The van der Waals surface area contributed by atoms with Gasteiger partial charge in [0.25, 0.3) is 0 Å². The van der Waals surface area contributed by atoms with Crippen molar-refractivity contribution in [1.29, 1.82) is 0 Å². The van der Waals surface area contributed by atoms with E-state index in [4.69, 9.17) is 0 Å². The standard InChI is InChI=1S/C23H23FN2O4S/c1-14(21(27)25-16-8-6-15(24)7-9-16)31-18-12-10-17(11-13-18)26-22(28)19-4-2-3-5-20(19)23(29)30/h2-3,6-14,19-20H,4-5H2,1H3,(H,25,27)(H,26,28)(H,29,30). The van der Waals surface area contributed by atoms with Gasteiger partial charge in [-0.05, 0) is 68.3 Å². The highest BCUT2D eigenvalue weighted by Gasteiger charge is 2.33. The van der Waals surface area contributed by atoms with Crippen LogP contribution in [0.2, 0.25) is 0 Å². The lowest BCUT2D eigenvalue weighted by molar-refractivity contribution is -0.146. The Balaban J connectivity index is 1.55. The molecule has 2 amide bonds. The number of aliphatic carboxylic acids is 1. The minimum atomic E-state index is -0.968. The molecule has 0 radical (unpaired) electrons. The summed E-state index contributed by atoms with van der Waals surface area (Å²) in [5.74, 6) is -3.19. The van der Waals surface area contributed by atoms with Crippen LogP contribution in [0, 0.1) is 17.7 Å². The number of nitrogens with one attached hydrogen (secondary N) is 2. The monoisotopic (exact) mass is 442 g/mol. The summed E-state index contributed by atoms with van der Waals surface area (Å²) in [5.41, 5.74) is 1.09. The molecule has 0 spiro atoms. The van der Waals surface area contributed by atoms with E-state index in [0.29, 0.717) is 24.2 Å². The number of carboxylic acid groups (broad SMARTS) is 1. The van der Waals surface area contributed by atoms with Gasteiger partial charge >= 0.3 is 5.97 Å². The molecule has 6 nitrogen and oxygen atoms in total. The van der Waals surface area contributed by atoms with Gasteiger partial charge in [-0.3, -0.25) is 14.4 Å². The number of carboxylic acids is 1. The van der Waals surface area contributed by atoms with Crippen LogP contribution in [0.3, 0.4) is 0 Å². The van der Waals surface area contributed by atoms with Crippen molar-refractivity contribution in [1.82, 2.24) is 0 Å². The third kappa shape index (κ3) is 6.18. The molecule has 3 rings (SSSR count). The van der Waals surface area contributed by atoms with Crippen molar-refractivity contribution in [2.45, 2.75) is 29.9 Å². The summed E-state index contributed by atoms with van der Waals surface area (Å²) in [6.45, 7) is 1.77. The largest absolute Gasteiger partial charge is 0.481 e. The van der Waals surface area contributed by atoms with Crippen molar-refractivity contribution in [3.05, 3.63) is 66.5 Å². The molecule has 1 aliphatic rings. The quantitative estimate of drug-likeness (QED) is 0.432. The first-order chi connectivity index (χ1) is 14.8. The first kappa shape index (κ1) is 22.6. The lowest BCUT2D eigenvalue weighted by Crippen LogP contribution is -2.34. The minimum Gasteiger partial charge on any atom is -0.481 e. The number of carbonyl (C=O) groups excluding carboxylic acids is 2. The van der Waals surface area contributed by atoms with Gasteiger partial charge in [-0.1, -0.05) is 12.2 Å². The number of amides is 2. The molecule has 0 saturated carbocycles. The van der Waals surface area contributed by atoms with Crippen LogP contribution < -0.4 is 10.6 Å². The Hall–Kier alpha value is -3.13. The molecule has 3 unspecified atom stereocenters. The van der Waals surface area contributed by atoms with Gasteiger partial charge in [-0.15, -0.1) is 11.8 Å². The number of carbonyl (C=O) groups is 3. The maximum Gasteiger partial charge on any atom is 0.307 e. The fourth-order valence-electron chi connectivity index (χ4n) is 3.26. The lowest BCUT2D eigenvalue weighted by Gasteiger charge is -2.24. The molecule has 3 N–H and O–H groups in total. The van der Waals surface area contributed by atoms with Gasteiger partial charge in [-0.25, -0.2) is 4.39 Å². The van der Waals surface area contributed by atoms with Crippen molar-refractivity contribution in [3.8, 4) is 0 Å². The zero-order chi connectivity index (χ0) is 22.4. The van der Waals surface area contributed by atoms with Crippen molar-refractivity contribution in [2.75, 3.05) is 10.6 Å². The van der Waals surface area contributed by atoms with E-state index >= 15 is 0 Å². The number of halogens is 1. The van der Waals surface area contributed by atoms with E-state index in [0.717, 1.165) is 4.90 Å². The molecule has 1 aliphatic carbocycles. The Labute approximate surface area is 183 Å². The highest BCUT2D eigenvalue weighted by atomic mass is 32.2. The lowest BCUT2D eigenvalue weighted by atomic mass is 9.82. The molecule has 0 fully saturated rings. The maximum absolute atomic E-state index is 13.0. The predicted molar refractivity (Wildman–Crippen MR) is 118 cm³/mol. The fourth-order valence-corrected chi connectivity index (χ4v) is 4.13. The Bertz CT molecular complexity index is 976. The SMILES string of the molecule is CC(Sc1ccc(NC(=O)C2CC=CCC2C(=O)O)cc1)C(=O)Nc1ccc(F)cc1. The fraction of sp³-hybridized carbons (Fsp3) is 0.261. The van der Waals surface area contributed by atoms with E-state index in [1.165, 1.54) is 36.0 Å². The third-order valence-corrected chi connectivity index (χ3v) is 6.11. The molecule has 0 aromatic heterocycles. The molecule has 0 saturated heterocycles. The van der Waals surface area contributed by atoms with Crippen molar-refractivity contribution in [2.24, 2.45) is 11.8 Å². The molecule has 0 bridgehead atoms. The summed E-state index contributed by atoms with van der Waals surface area (Å²) in [7, 11) is 0. The van der Waals surface area contributed by atoms with E-state index < -0.39 is 23.1 Å². The molecule has 162 valence electrons. The zero-order valence-corrected chi connectivity index (χ0v) is 17.7. The Kier molecular flexibility index (Phi) is 7.46. The third-order valence-electron chi connectivity index (χ3n) is 5.00. The summed E-state index contributed by atoms with van der Waals surface area (Å²) < 4.78 is 13.0. The summed E-state index contributed by atoms with van der Waals surface area (Å²) in [6.07, 6.45) is 4.38. The molecule has 2 aromatic carbocycles. The Morgan fingerprint density at radius 2 is 1.48 bits per heavy atom. The van der Waals surface area contributed by atoms with Crippen LogP contribution in [0.15, 0.2) is 65.6 Å². The van der Waals surface area contributed by atoms with Gasteiger partial charge in [0.2, 0.25) is 11.8 Å². The van der Waals surface area contributed by atoms with Crippen molar-refractivity contribution >= 4 is 40.9 Å². The second kappa shape index (κ2) is 10.3. The second-order valence-corrected chi connectivity index (χ2v) is 8.68. The van der Waals surface area contributed by atoms with Crippen LogP contribution >= 0.6 is 11.8 Å². The van der Waals surface area contributed by atoms with Gasteiger partial charge in [0.15, 0.2) is 0 Å². The van der Waals surface area contributed by atoms with Crippen LogP contribution in [0.1, 0.15) is 19.8 Å². The van der Waals surface area contributed by atoms with Crippen LogP contribution in [0.25, 0.3) is 0 Å². The van der Waals surface area contributed by atoms with Crippen LogP contribution in [0.4, 0.5) is 15.8 Å². The summed E-state index contributed by atoms with van der Waals surface area (Å²) in [6, 6.07) is 12.6. The second-order valence-electron chi connectivity index (χ2n) is 7.26. The van der Waals surface area contributed by atoms with E-state index in [1.54, 1.807) is 37.3 Å². The molecule has 3 atom stereocenters. The normalized spacial score (nSPS) is 18.8. The number of hydrogen-bond donors (Lipinski definition) is 3. The summed E-state index contributed by atoms with van der Waals surface area (Å²) in [4.78, 5) is 37.1. The molecule has 31 heavy (non-hydrogen) atoms. The number of benzene rings is 2. The Morgan fingerprint density at radius 1 is 0.935 bits per heavy atom. The van der Waals surface area contributed by atoms with E-state index in [1.807, 2.05) is 6.08 Å². The van der Waals surface area contributed by atoms with Crippen molar-refractivity contribution < 1.29 is 23.9 Å². The minimum absolute atomic E-state index is 0.209. The first-order valence-electron chi connectivity index (χ1n) is 9.85. The molecule has 2 aromatic rings. The molecular formula is C23H23FN2O4S. The Morgan fingerprint density at radius 3 is 2.10 bits per heavy atom. The number of hydrogen-bond acceptors (Lipinski definition) is 4. The molecule has 8 heteroatoms. The highest BCUT2D eigenvalue weighted by Crippen LogP contribution is 2.29. The van der Waals surface area contributed by atoms with Gasteiger partial charge in [0.1, 0.15) is 5.82 Å². The molecular weight excluding hydrogens is 419 g/mol. The number of anilines is 2. The number of thioether (sulfide) groups is 1. The number of rotatable bonds is 7. The smallest absolute Gasteiger partial charge is 0.307 e. The predicted octanol–water partition coefficient (Wildman–Crippen LogP) is 4.55. The van der Waals surface area contributed by atoms with Gasteiger partial charge < -0.3 is 15.7 Å². The molecule has 0 aliphatic heterocycles. The molecule has 0 heterocycles. The number of allylic oxidation sites excluding steroid dienone is 2. The van der Waals surface area contributed by atoms with E-state index in [9.17, 15) is 23.9 Å². The summed E-state index contributed by atoms with van der Waals surface area (Å²) in [5, 5.41) is 14.5. The van der Waals surface area contributed by atoms with Gasteiger partial charge in [0, 0.05) is 16.3 Å². The summed E-state index contributed by atoms with van der Waals surface area (Å²) >= 11 is 1.35. The van der Waals surface area contributed by atoms with Crippen molar-refractivity contribution in [3.63, 3.8) is 0 Å². The van der Waals surface area contributed by atoms with E-state index in [-0.39, 0.29) is 17.6 Å². The van der Waals surface area contributed by atoms with Crippen LogP contribution in [-0.4, -0.2) is 28.1 Å². The van der Waals surface area contributed by atoms with E-state index in [2.05, 4.69) is 10.6 Å².